The van der Waals surface area contributed by atoms with Crippen molar-refractivity contribution in [2.45, 2.75) is 19.0 Å². The third-order valence-electron chi connectivity index (χ3n) is 4.14. The van der Waals surface area contributed by atoms with E-state index in [9.17, 15) is 4.79 Å². The van der Waals surface area contributed by atoms with Gasteiger partial charge in [-0.25, -0.2) is 0 Å². The highest BCUT2D eigenvalue weighted by Gasteiger charge is 2.29. The Kier molecular flexibility index (Phi) is 5.43. The SMILES string of the molecule is C[C@@H](NC(=O)c1ccccc1)[C@@H](c1cccs1)N1CCOCC1. The second-order valence-electron chi connectivity index (χ2n) is 5.74. The molecule has 3 rings (SSSR count). The fourth-order valence-corrected chi connectivity index (χ4v) is 3.98. The monoisotopic (exact) mass is 330 g/mol. The van der Waals surface area contributed by atoms with E-state index in [1.165, 1.54) is 4.88 Å². The van der Waals surface area contributed by atoms with Crippen molar-refractivity contribution in [2.75, 3.05) is 26.3 Å². The highest BCUT2D eigenvalue weighted by atomic mass is 32.1. The molecule has 1 N–H and O–H groups in total. The van der Waals surface area contributed by atoms with Crippen LogP contribution in [-0.4, -0.2) is 43.2 Å². The molecule has 0 unspecified atom stereocenters. The summed E-state index contributed by atoms with van der Waals surface area (Å²) in [7, 11) is 0. The maximum absolute atomic E-state index is 12.5. The van der Waals surface area contributed by atoms with Crippen LogP contribution in [0.5, 0.6) is 0 Å². The summed E-state index contributed by atoms with van der Waals surface area (Å²) >= 11 is 1.74. The lowest BCUT2D eigenvalue weighted by Gasteiger charge is -2.37. The van der Waals surface area contributed by atoms with E-state index in [-0.39, 0.29) is 18.0 Å². The highest BCUT2D eigenvalue weighted by molar-refractivity contribution is 7.10. The standard InChI is InChI=1S/C18H22N2O2S/c1-14(19-18(21)15-6-3-2-4-7-15)17(16-8-5-13-23-16)20-9-11-22-12-10-20/h2-8,13-14,17H,9-12H2,1H3,(H,19,21)/t14-,17+/m1/s1. The molecule has 1 aromatic heterocycles. The van der Waals surface area contributed by atoms with E-state index in [1.807, 2.05) is 30.3 Å². The lowest BCUT2D eigenvalue weighted by Crippen LogP contribution is -2.48. The maximum atomic E-state index is 12.5. The minimum absolute atomic E-state index is 0.0204. The summed E-state index contributed by atoms with van der Waals surface area (Å²) in [5.74, 6) is -0.0204. The summed E-state index contributed by atoms with van der Waals surface area (Å²) in [6.07, 6.45) is 0. The number of thiophene rings is 1. The van der Waals surface area contributed by atoms with Crippen molar-refractivity contribution in [1.82, 2.24) is 10.2 Å². The predicted octanol–water partition coefficient (Wildman–Crippen LogP) is 2.94. The van der Waals surface area contributed by atoms with Crippen molar-refractivity contribution in [3.63, 3.8) is 0 Å². The van der Waals surface area contributed by atoms with Gasteiger partial charge < -0.3 is 10.1 Å². The predicted molar refractivity (Wildman–Crippen MR) is 92.8 cm³/mol. The Bertz CT molecular complexity index is 609. The van der Waals surface area contributed by atoms with Crippen molar-refractivity contribution in [2.24, 2.45) is 0 Å². The zero-order valence-electron chi connectivity index (χ0n) is 13.3. The fourth-order valence-electron chi connectivity index (χ4n) is 3.02. The Morgan fingerprint density at radius 2 is 1.91 bits per heavy atom. The molecule has 122 valence electrons. The molecule has 4 nitrogen and oxygen atoms in total. The van der Waals surface area contributed by atoms with Crippen LogP contribution in [0.15, 0.2) is 47.8 Å². The quantitative estimate of drug-likeness (QED) is 0.916. The maximum Gasteiger partial charge on any atom is 0.251 e. The molecule has 1 amide bonds. The number of carbonyl (C=O) groups is 1. The van der Waals surface area contributed by atoms with Crippen LogP contribution in [0.1, 0.15) is 28.2 Å². The molecule has 0 spiro atoms. The summed E-state index contributed by atoms with van der Waals surface area (Å²) in [5.41, 5.74) is 0.700. The lowest BCUT2D eigenvalue weighted by atomic mass is 10.0. The Morgan fingerprint density at radius 3 is 2.57 bits per heavy atom. The van der Waals surface area contributed by atoms with Gasteiger partial charge in [0.15, 0.2) is 0 Å². The van der Waals surface area contributed by atoms with Gasteiger partial charge in [-0.3, -0.25) is 9.69 Å². The molecule has 2 aromatic rings. The number of carbonyl (C=O) groups excluding carboxylic acids is 1. The van der Waals surface area contributed by atoms with Crippen LogP contribution in [-0.2, 0) is 4.74 Å². The topological polar surface area (TPSA) is 41.6 Å². The van der Waals surface area contributed by atoms with Crippen LogP contribution in [0.25, 0.3) is 0 Å². The molecular formula is C18H22N2O2S. The fraction of sp³-hybridized carbons (Fsp3) is 0.389. The number of ether oxygens (including phenoxy) is 1. The normalized spacial score (nSPS) is 18.3. The molecule has 1 saturated heterocycles. The van der Waals surface area contributed by atoms with Gasteiger partial charge in [-0.05, 0) is 30.5 Å². The molecule has 5 heteroatoms. The highest BCUT2D eigenvalue weighted by Crippen LogP contribution is 2.29. The second-order valence-corrected chi connectivity index (χ2v) is 6.72. The van der Waals surface area contributed by atoms with Crippen LogP contribution in [0.4, 0.5) is 0 Å². The third kappa shape index (κ3) is 3.99. The number of nitrogens with zero attached hydrogens (tertiary/aromatic N) is 1. The summed E-state index contributed by atoms with van der Waals surface area (Å²) in [5, 5.41) is 5.26. The summed E-state index contributed by atoms with van der Waals surface area (Å²) in [4.78, 5) is 16.2. The van der Waals surface area contributed by atoms with Crippen molar-refractivity contribution < 1.29 is 9.53 Å². The molecule has 1 aromatic carbocycles. The second kappa shape index (κ2) is 7.73. The van der Waals surface area contributed by atoms with Crippen LogP contribution < -0.4 is 5.32 Å². The van der Waals surface area contributed by atoms with Crippen LogP contribution in [0.2, 0.25) is 0 Å². The number of rotatable bonds is 5. The minimum atomic E-state index is -0.0204. The minimum Gasteiger partial charge on any atom is -0.379 e. The first-order chi connectivity index (χ1) is 11.3. The van der Waals surface area contributed by atoms with E-state index < -0.39 is 0 Å². The van der Waals surface area contributed by atoms with Crippen molar-refractivity contribution in [1.29, 1.82) is 0 Å². The summed E-state index contributed by atoms with van der Waals surface area (Å²) in [6.45, 7) is 5.38. The molecule has 0 aliphatic carbocycles. The summed E-state index contributed by atoms with van der Waals surface area (Å²) < 4.78 is 5.47. The van der Waals surface area contributed by atoms with Gasteiger partial charge in [0.2, 0.25) is 0 Å². The van der Waals surface area contributed by atoms with Crippen molar-refractivity contribution in [3.05, 3.63) is 58.3 Å². The Morgan fingerprint density at radius 1 is 1.17 bits per heavy atom. The number of hydrogen-bond acceptors (Lipinski definition) is 4. The number of amides is 1. The molecule has 23 heavy (non-hydrogen) atoms. The van der Waals surface area contributed by atoms with Crippen LogP contribution >= 0.6 is 11.3 Å². The zero-order chi connectivity index (χ0) is 16.1. The zero-order valence-corrected chi connectivity index (χ0v) is 14.1. The van der Waals surface area contributed by atoms with Gasteiger partial charge in [0.1, 0.15) is 0 Å². The summed E-state index contributed by atoms with van der Waals surface area (Å²) in [6, 6.07) is 13.8. The molecule has 1 aliphatic rings. The van der Waals surface area contributed by atoms with Gasteiger partial charge in [0.05, 0.1) is 19.3 Å². The van der Waals surface area contributed by atoms with E-state index in [2.05, 4.69) is 34.7 Å². The average Bonchev–Trinajstić information content (AvgIpc) is 3.11. The first kappa shape index (κ1) is 16.2. The van der Waals surface area contributed by atoms with Gasteiger partial charge in [-0.15, -0.1) is 11.3 Å². The largest absolute Gasteiger partial charge is 0.379 e. The van der Waals surface area contributed by atoms with E-state index in [0.29, 0.717) is 5.56 Å². The van der Waals surface area contributed by atoms with Crippen molar-refractivity contribution in [3.8, 4) is 0 Å². The number of nitrogens with one attached hydrogen (secondary N) is 1. The number of benzene rings is 1. The Labute approximate surface area is 141 Å². The first-order valence-electron chi connectivity index (χ1n) is 7.97. The molecule has 2 atom stereocenters. The lowest BCUT2D eigenvalue weighted by molar-refractivity contribution is 0.00969. The van der Waals surface area contributed by atoms with Gasteiger partial charge >= 0.3 is 0 Å². The van der Waals surface area contributed by atoms with Gasteiger partial charge in [-0.1, -0.05) is 24.3 Å². The van der Waals surface area contributed by atoms with E-state index in [4.69, 9.17) is 4.74 Å². The molecule has 0 radical (unpaired) electrons. The number of morpholine rings is 1. The van der Waals surface area contributed by atoms with E-state index in [1.54, 1.807) is 11.3 Å². The van der Waals surface area contributed by atoms with Crippen LogP contribution in [0.3, 0.4) is 0 Å². The number of hydrogen-bond donors (Lipinski definition) is 1. The molecular weight excluding hydrogens is 308 g/mol. The first-order valence-corrected chi connectivity index (χ1v) is 8.85. The third-order valence-corrected chi connectivity index (χ3v) is 5.09. The van der Waals surface area contributed by atoms with E-state index in [0.717, 1.165) is 26.3 Å². The molecule has 0 saturated carbocycles. The van der Waals surface area contributed by atoms with Gasteiger partial charge in [0.25, 0.3) is 5.91 Å². The molecule has 1 aliphatic heterocycles. The smallest absolute Gasteiger partial charge is 0.251 e. The van der Waals surface area contributed by atoms with Gasteiger partial charge in [-0.2, -0.15) is 0 Å². The van der Waals surface area contributed by atoms with Gasteiger partial charge in [0, 0.05) is 29.6 Å². The molecule has 0 bridgehead atoms. The van der Waals surface area contributed by atoms with Crippen molar-refractivity contribution >= 4 is 17.2 Å². The Hall–Kier alpha value is -1.69. The van der Waals surface area contributed by atoms with E-state index >= 15 is 0 Å². The Balaban J connectivity index is 1.75. The molecule has 2 heterocycles. The average molecular weight is 330 g/mol. The molecule has 1 fully saturated rings. The van der Waals surface area contributed by atoms with Crippen LogP contribution in [0, 0.1) is 0 Å².